The van der Waals surface area contributed by atoms with Crippen molar-refractivity contribution in [1.29, 1.82) is 0 Å². The molecular formula is C13H15BrClN3. The van der Waals surface area contributed by atoms with Gasteiger partial charge in [0.1, 0.15) is 5.82 Å². The summed E-state index contributed by atoms with van der Waals surface area (Å²) in [5.41, 5.74) is 2.10. The Kier molecular flexibility index (Phi) is 4.40. The summed E-state index contributed by atoms with van der Waals surface area (Å²) in [7, 11) is 0. The van der Waals surface area contributed by atoms with Crippen molar-refractivity contribution >= 4 is 27.5 Å². The van der Waals surface area contributed by atoms with E-state index in [9.17, 15) is 0 Å². The summed E-state index contributed by atoms with van der Waals surface area (Å²) in [4.78, 5) is 0. The van der Waals surface area contributed by atoms with Gasteiger partial charge in [-0.15, -0.1) is 10.2 Å². The van der Waals surface area contributed by atoms with Crippen LogP contribution in [0.2, 0.25) is 5.02 Å². The lowest BCUT2D eigenvalue weighted by Gasteiger charge is -2.10. The van der Waals surface area contributed by atoms with Crippen LogP contribution in [0.1, 0.15) is 24.7 Å². The predicted octanol–water partition coefficient (Wildman–Crippen LogP) is 4.21. The monoisotopic (exact) mass is 327 g/mol. The molecule has 1 aromatic heterocycles. The summed E-state index contributed by atoms with van der Waals surface area (Å²) in [5.74, 6) is 1.84. The molecule has 0 amide bonds. The van der Waals surface area contributed by atoms with E-state index in [0.29, 0.717) is 5.33 Å². The van der Waals surface area contributed by atoms with Gasteiger partial charge in [-0.3, -0.25) is 0 Å². The molecular weight excluding hydrogens is 314 g/mol. The van der Waals surface area contributed by atoms with Gasteiger partial charge in [0, 0.05) is 17.1 Å². The lowest BCUT2D eigenvalue weighted by atomic mass is 10.1. The van der Waals surface area contributed by atoms with Gasteiger partial charge in [-0.1, -0.05) is 46.6 Å². The van der Waals surface area contributed by atoms with Crippen LogP contribution in [0.4, 0.5) is 0 Å². The van der Waals surface area contributed by atoms with Crippen LogP contribution in [0.25, 0.3) is 11.4 Å². The quantitative estimate of drug-likeness (QED) is 0.787. The molecule has 0 spiro atoms. The van der Waals surface area contributed by atoms with Crippen LogP contribution < -0.4 is 0 Å². The normalized spacial score (nSPS) is 10.9. The Hall–Kier alpha value is -0.870. The van der Waals surface area contributed by atoms with E-state index in [1.165, 1.54) is 0 Å². The number of alkyl halides is 1. The van der Waals surface area contributed by atoms with Gasteiger partial charge in [0.15, 0.2) is 5.82 Å². The summed E-state index contributed by atoms with van der Waals surface area (Å²) in [6, 6.07) is 5.88. The van der Waals surface area contributed by atoms with E-state index in [4.69, 9.17) is 11.6 Å². The van der Waals surface area contributed by atoms with Crippen molar-refractivity contribution in [2.45, 2.75) is 32.1 Å². The molecule has 96 valence electrons. The maximum atomic E-state index is 6.17. The first-order chi connectivity index (χ1) is 8.69. The van der Waals surface area contributed by atoms with Crippen LogP contribution in [0.3, 0.4) is 0 Å². The molecule has 0 atom stereocenters. The number of halogens is 2. The Balaban J connectivity index is 2.56. The summed E-state index contributed by atoms with van der Waals surface area (Å²) in [6.07, 6.45) is 1.05. The second-order valence-corrected chi connectivity index (χ2v) is 5.11. The molecule has 0 fully saturated rings. The molecule has 0 N–H and O–H groups in total. The smallest absolute Gasteiger partial charge is 0.164 e. The van der Waals surface area contributed by atoms with Crippen LogP contribution in [0.15, 0.2) is 18.2 Å². The molecule has 2 aromatic rings. The number of nitrogens with zero attached hydrogens (tertiary/aromatic N) is 3. The van der Waals surface area contributed by atoms with Gasteiger partial charge in [-0.05, 0) is 25.0 Å². The Bertz CT molecular complexity index is 551. The van der Waals surface area contributed by atoms with Gasteiger partial charge in [0.05, 0.1) is 5.33 Å². The SMILES string of the molecule is CCCn1c(CBr)nnc1-c1cccc(Cl)c1C. The Morgan fingerprint density at radius 1 is 1.33 bits per heavy atom. The molecule has 18 heavy (non-hydrogen) atoms. The van der Waals surface area contributed by atoms with E-state index < -0.39 is 0 Å². The first kappa shape index (κ1) is 13.6. The van der Waals surface area contributed by atoms with Crippen molar-refractivity contribution in [3.05, 3.63) is 34.6 Å². The van der Waals surface area contributed by atoms with Gasteiger partial charge >= 0.3 is 0 Å². The van der Waals surface area contributed by atoms with Crippen LogP contribution in [0, 0.1) is 6.92 Å². The molecule has 0 bridgehead atoms. The summed E-state index contributed by atoms with van der Waals surface area (Å²) >= 11 is 9.61. The number of hydrogen-bond acceptors (Lipinski definition) is 2. The predicted molar refractivity (Wildman–Crippen MR) is 78.1 cm³/mol. The van der Waals surface area contributed by atoms with E-state index in [-0.39, 0.29) is 0 Å². The molecule has 1 aromatic carbocycles. The van der Waals surface area contributed by atoms with Gasteiger partial charge in [-0.2, -0.15) is 0 Å². The maximum Gasteiger partial charge on any atom is 0.164 e. The number of rotatable bonds is 4. The van der Waals surface area contributed by atoms with Crippen molar-refractivity contribution in [1.82, 2.24) is 14.8 Å². The van der Waals surface area contributed by atoms with Crippen molar-refractivity contribution in [2.75, 3.05) is 0 Å². The zero-order valence-corrected chi connectivity index (χ0v) is 12.8. The lowest BCUT2D eigenvalue weighted by molar-refractivity contribution is 0.661. The van der Waals surface area contributed by atoms with Gasteiger partial charge in [-0.25, -0.2) is 0 Å². The highest BCUT2D eigenvalue weighted by molar-refractivity contribution is 9.08. The highest BCUT2D eigenvalue weighted by Crippen LogP contribution is 2.28. The molecule has 0 aliphatic heterocycles. The Labute approximate surface area is 120 Å². The Morgan fingerprint density at radius 3 is 2.78 bits per heavy atom. The van der Waals surface area contributed by atoms with E-state index in [2.05, 4.69) is 37.6 Å². The minimum atomic E-state index is 0.708. The van der Waals surface area contributed by atoms with E-state index in [1.54, 1.807) is 0 Å². The second-order valence-electron chi connectivity index (χ2n) is 4.14. The highest BCUT2D eigenvalue weighted by atomic mass is 79.9. The molecule has 5 heteroatoms. The fourth-order valence-electron chi connectivity index (χ4n) is 1.94. The zero-order valence-electron chi connectivity index (χ0n) is 10.5. The van der Waals surface area contributed by atoms with Crippen molar-refractivity contribution in [3.63, 3.8) is 0 Å². The minimum Gasteiger partial charge on any atom is -0.310 e. The Morgan fingerprint density at radius 2 is 2.11 bits per heavy atom. The van der Waals surface area contributed by atoms with Crippen LogP contribution in [-0.4, -0.2) is 14.8 Å². The lowest BCUT2D eigenvalue weighted by Crippen LogP contribution is -2.04. The van der Waals surface area contributed by atoms with Crippen molar-refractivity contribution in [2.24, 2.45) is 0 Å². The molecule has 0 aliphatic carbocycles. The standard InChI is InChI=1S/C13H15BrClN3/c1-3-7-18-12(8-14)16-17-13(18)10-5-4-6-11(15)9(10)2/h4-6H,3,7-8H2,1-2H3. The number of benzene rings is 1. The van der Waals surface area contributed by atoms with Crippen LogP contribution in [0.5, 0.6) is 0 Å². The molecule has 0 saturated carbocycles. The average molecular weight is 329 g/mol. The molecule has 0 aliphatic rings. The number of aromatic nitrogens is 3. The second kappa shape index (κ2) is 5.85. The highest BCUT2D eigenvalue weighted by Gasteiger charge is 2.15. The molecule has 0 saturated heterocycles. The summed E-state index contributed by atoms with van der Waals surface area (Å²) in [6.45, 7) is 5.07. The summed E-state index contributed by atoms with van der Waals surface area (Å²) in [5, 5.41) is 10.00. The number of hydrogen-bond donors (Lipinski definition) is 0. The first-order valence-electron chi connectivity index (χ1n) is 5.92. The topological polar surface area (TPSA) is 30.7 Å². The van der Waals surface area contributed by atoms with Gasteiger partial charge < -0.3 is 4.57 Å². The minimum absolute atomic E-state index is 0.708. The molecule has 3 nitrogen and oxygen atoms in total. The van der Waals surface area contributed by atoms with E-state index in [0.717, 1.165) is 40.8 Å². The molecule has 2 rings (SSSR count). The van der Waals surface area contributed by atoms with Gasteiger partial charge in [0.2, 0.25) is 0 Å². The van der Waals surface area contributed by atoms with Crippen molar-refractivity contribution in [3.8, 4) is 11.4 Å². The third kappa shape index (κ3) is 2.45. The average Bonchev–Trinajstić information content (AvgIpc) is 2.76. The molecule has 1 heterocycles. The maximum absolute atomic E-state index is 6.17. The fraction of sp³-hybridized carbons (Fsp3) is 0.385. The van der Waals surface area contributed by atoms with Crippen molar-refractivity contribution < 1.29 is 0 Å². The van der Waals surface area contributed by atoms with E-state index in [1.807, 2.05) is 25.1 Å². The summed E-state index contributed by atoms with van der Waals surface area (Å²) < 4.78 is 2.15. The largest absolute Gasteiger partial charge is 0.310 e. The zero-order chi connectivity index (χ0) is 13.1. The third-order valence-electron chi connectivity index (χ3n) is 2.90. The fourth-order valence-corrected chi connectivity index (χ4v) is 2.53. The molecule has 0 radical (unpaired) electrons. The molecule has 0 unspecified atom stereocenters. The van der Waals surface area contributed by atoms with E-state index >= 15 is 0 Å². The van der Waals surface area contributed by atoms with Crippen LogP contribution in [-0.2, 0) is 11.9 Å². The van der Waals surface area contributed by atoms with Gasteiger partial charge in [0.25, 0.3) is 0 Å². The third-order valence-corrected chi connectivity index (χ3v) is 3.81. The first-order valence-corrected chi connectivity index (χ1v) is 7.42. The van der Waals surface area contributed by atoms with Crippen LogP contribution >= 0.6 is 27.5 Å².